The standard InChI is InChI=1S/C22H25ClN4O2/c1-29-12-11-27-20(25-19-3-2-9-24-22(19)27)13-17-8-10-26(15-17)21(28)14-16-4-6-18(23)7-5-16/h2-7,9,17H,8,10-15H2,1H3. The van der Waals surface area contributed by atoms with E-state index in [1.54, 1.807) is 13.3 Å². The molecule has 3 heterocycles. The van der Waals surface area contributed by atoms with Crippen LogP contribution in [0.2, 0.25) is 5.02 Å². The van der Waals surface area contributed by atoms with Crippen molar-refractivity contribution in [3.8, 4) is 0 Å². The van der Waals surface area contributed by atoms with Crippen LogP contribution in [0.3, 0.4) is 0 Å². The van der Waals surface area contributed by atoms with Crippen LogP contribution >= 0.6 is 11.6 Å². The molecule has 0 bridgehead atoms. The van der Waals surface area contributed by atoms with Gasteiger partial charge in [0.25, 0.3) is 0 Å². The molecule has 0 N–H and O–H groups in total. The molecule has 6 nitrogen and oxygen atoms in total. The van der Waals surface area contributed by atoms with Crippen molar-refractivity contribution in [3.63, 3.8) is 0 Å². The number of benzene rings is 1. The van der Waals surface area contributed by atoms with E-state index in [0.717, 1.165) is 55.0 Å². The molecule has 1 aromatic carbocycles. The highest BCUT2D eigenvalue weighted by Crippen LogP contribution is 2.24. The number of likely N-dealkylation sites (tertiary alicyclic amines) is 1. The number of hydrogen-bond acceptors (Lipinski definition) is 4. The second-order valence-corrected chi connectivity index (χ2v) is 7.96. The van der Waals surface area contributed by atoms with Crippen molar-refractivity contribution < 1.29 is 9.53 Å². The van der Waals surface area contributed by atoms with E-state index in [1.807, 2.05) is 41.3 Å². The summed E-state index contributed by atoms with van der Waals surface area (Å²) in [6.45, 7) is 2.91. The monoisotopic (exact) mass is 412 g/mol. The minimum absolute atomic E-state index is 0.171. The van der Waals surface area contributed by atoms with E-state index in [9.17, 15) is 4.79 Å². The molecule has 0 radical (unpaired) electrons. The Morgan fingerprint density at radius 2 is 2.10 bits per heavy atom. The summed E-state index contributed by atoms with van der Waals surface area (Å²) in [6, 6.07) is 11.4. The average Bonchev–Trinajstić information content (AvgIpc) is 3.33. The highest BCUT2D eigenvalue weighted by molar-refractivity contribution is 6.30. The molecule has 0 saturated carbocycles. The molecule has 3 aromatic rings. The van der Waals surface area contributed by atoms with Crippen LogP contribution in [0.1, 0.15) is 17.8 Å². The van der Waals surface area contributed by atoms with Crippen molar-refractivity contribution in [1.82, 2.24) is 19.4 Å². The molecule has 1 amide bonds. The van der Waals surface area contributed by atoms with E-state index in [4.69, 9.17) is 21.3 Å². The van der Waals surface area contributed by atoms with E-state index in [-0.39, 0.29) is 5.91 Å². The Kier molecular flexibility index (Phi) is 6.11. The molecule has 1 saturated heterocycles. The molecule has 1 fully saturated rings. The molecular formula is C22H25ClN4O2. The van der Waals surface area contributed by atoms with Gasteiger partial charge in [-0.1, -0.05) is 23.7 Å². The largest absolute Gasteiger partial charge is 0.383 e. The Morgan fingerprint density at radius 3 is 2.90 bits per heavy atom. The highest BCUT2D eigenvalue weighted by atomic mass is 35.5. The molecule has 1 atom stereocenters. The van der Waals surface area contributed by atoms with Crippen molar-refractivity contribution in [1.29, 1.82) is 0 Å². The summed E-state index contributed by atoms with van der Waals surface area (Å²) in [7, 11) is 1.70. The van der Waals surface area contributed by atoms with E-state index >= 15 is 0 Å². The van der Waals surface area contributed by atoms with Gasteiger partial charge in [0.1, 0.15) is 11.3 Å². The van der Waals surface area contributed by atoms with E-state index in [1.165, 1.54) is 0 Å². The van der Waals surface area contributed by atoms with E-state index in [0.29, 0.717) is 24.0 Å². The number of fused-ring (bicyclic) bond motifs is 1. The number of hydrogen-bond donors (Lipinski definition) is 0. The van der Waals surface area contributed by atoms with Crippen LogP contribution < -0.4 is 0 Å². The molecule has 0 aliphatic carbocycles. The topological polar surface area (TPSA) is 60.2 Å². The van der Waals surface area contributed by atoms with Crippen LogP contribution in [0.15, 0.2) is 42.6 Å². The second kappa shape index (κ2) is 8.93. The molecule has 0 spiro atoms. The zero-order valence-corrected chi connectivity index (χ0v) is 17.3. The molecule has 1 unspecified atom stereocenters. The number of amides is 1. The first-order valence-corrected chi connectivity index (χ1v) is 10.3. The van der Waals surface area contributed by atoms with Gasteiger partial charge in [0.15, 0.2) is 5.65 Å². The molecule has 1 aliphatic heterocycles. The van der Waals surface area contributed by atoms with Gasteiger partial charge in [-0.15, -0.1) is 0 Å². The van der Waals surface area contributed by atoms with E-state index < -0.39 is 0 Å². The van der Waals surface area contributed by atoms with Crippen LogP contribution in [-0.4, -0.2) is 52.1 Å². The minimum Gasteiger partial charge on any atom is -0.383 e. The highest BCUT2D eigenvalue weighted by Gasteiger charge is 2.28. The van der Waals surface area contributed by atoms with Crippen LogP contribution in [0, 0.1) is 5.92 Å². The average molecular weight is 413 g/mol. The number of imidazole rings is 1. The van der Waals surface area contributed by atoms with Gasteiger partial charge in [0.2, 0.25) is 5.91 Å². The number of carbonyl (C=O) groups excluding carboxylic acids is 1. The Morgan fingerprint density at radius 1 is 1.28 bits per heavy atom. The third kappa shape index (κ3) is 4.60. The summed E-state index contributed by atoms with van der Waals surface area (Å²) in [4.78, 5) is 24.0. The number of carbonyl (C=O) groups is 1. The molecular weight excluding hydrogens is 388 g/mol. The van der Waals surface area contributed by atoms with Gasteiger partial charge in [-0.3, -0.25) is 4.79 Å². The molecule has 7 heteroatoms. The first-order chi connectivity index (χ1) is 14.1. The molecule has 152 valence electrons. The second-order valence-electron chi connectivity index (χ2n) is 7.52. The molecule has 4 rings (SSSR count). The van der Waals surface area contributed by atoms with Gasteiger partial charge in [-0.2, -0.15) is 0 Å². The third-order valence-corrected chi connectivity index (χ3v) is 5.73. The summed E-state index contributed by atoms with van der Waals surface area (Å²) in [6.07, 6.45) is 4.04. The van der Waals surface area contributed by atoms with Crippen molar-refractivity contribution >= 4 is 28.7 Å². The zero-order valence-electron chi connectivity index (χ0n) is 16.6. The zero-order chi connectivity index (χ0) is 20.2. The number of halogens is 1. The van der Waals surface area contributed by atoms with Crippen LogP contribution in [0.25, 0.3) is 11.2 Å². The minimum atomic E-state index is 0.171. The number of methoxy groups -OCH3 is 1. The summed E-state index contributed by atoms with van der Waals surface area (Å²) >= 11 is 5.93. The fourth-order valence-electron chi connectivity index (χ4n) is 3.95. The number of nitrogens with zero attached hydrogens (tertiary/aromatic N) is 4. The van der Waals surface area contributed by atoms with Crippen molar-refractivity contribution in [2.45, 2.75) is 25.8 Å². The quantitative estimate of drug-likeness (QED) is 0.597. The van der Waals surface area contributed by atoms with Crippen molar-refractivity contribution in [2.24, 2.45) is 5.92 Å². The van der Waals surface area contributed by atoms with Crippen LogP contribution in [-0.2, 0) is 28.9 Å². The first kappa shape index (κ1) is 19.9. The Hall–Kier alpha value is -2.44. The van der Waals surface area contributed by atoms with Crippen molar-refractivity contribution in [2.75, 3.05) is 26.8 Å². The third-order valence-electron chi connectivity index (χ3n) is 5.48. The van der Waals surface area contributed by atoms with Gasteiger partial charge in [0, 0.05) is 44.4 Å². The predicted molar refractivity (Wildman–Crippen MR) is 113 cm³/mol. The van der Waals surface area contributed by atoms with Crippen LogP contribution in [0.5, 0.6) is 0 Å². The Bertz CT molecular complexity index is 986. The summed E-state index contributed by atoms with van der Waals surface area (Å²) in [5.74, 6) is 1.60. The smallest absolute Gasteiger partial charge is 0.226 e. The fraction of sp³-hybridized carbons (Fsp3) is 0.409. The lowest BCUT2D eigenvalue weighted by molar-refractivity contribution is -0.129. The fourth-order valence-corrected chi connectivity index (χ4v) is 4.08. The van der Waals surface area contributed by atoms with Gasteiger partial charge in [-0.05, 0) is 42.2 Å². The molecule has 1 aliphatic rings. The van der Waals surface area contributed by atoms with Crippen LogP contribution in [0.4, 0.5) is 0 Å². The van der Waals surface area contributed by atoms with Gasteiger partial charge in [-0.25, -0.2) is 9.97 Å². The van der Waals surface area contributed by atoms with Gasteiger partial charge < -0.3 is 14.2 Å². The Balaban J connectivity index is 1.42. The first-order valence-electron chi connectivity index (χ1n) is 9.95. The number of rotatable bonds is 7. The summed E-state index contributed by atoms with van der Waals surface area (Å²) in [5.41, 5.74) is 2.80. The van der Waals surface area contributed by atoms with Gasteiger partial charge >= 0.3 is 0 Å². The normalized spacial score (nSPS) is 16.6. The maximum absolute atomic E-state index is 12.7. The lowest BCUT2D eigenvalue weighted by Crippen LogP contribution is -2.30. The predicted octanol–water partition coefficient (Wildman–Crippen LogP) is 3.36. The van der Waals surface area contributed by atoms with Gasteiger partial charge in [0.05, 0.1) is 13.0 Å². The van der Waals surface area contributed by atoms with E-state index in [2.05, 4.69) is 9.55 Å². The number of aromatic nitrogens is 3. The lowest BCUT2D eigenvalue weighted by Gasteiger charge is -2.17. The maximum Gasteiger partial charge on any atom is 0.226 e. The van der Waals surface area contributed by atoms with Crippen molar-refractivity contribution in [3.05, 3.63) is 59.0 Å². The summed E-state index contributed by atoms with van der Waals surface area (Å²) in [5, 5.41) is 0.688. The molecule has 29 heavy (non-hydrogen) atoms. The summed E-state index contributed by atoms with van der Waals surface area (Å²) < 4.78 is 7.41. The molecule has 2 aromatic heterocycles. The maximum atomic E-state index is 12.7. The number of ether oxygens (including phenoxy) is 1. The number of pyridine rings is 1. The Labute approximate surface area is 175 Å². The lowest BCUT2D eigenvalue weighted by atomic mass is 10.0. The SMILES string of the molecule is COCCn1c(CC2CCN(C(=O)Cc3ccc(Cl)cc3)C2)nc2cccnc21.